The summed E-state index contributed by atoms with van der Waals surface area (Å²) in [6.07, 6.45) is 4.06. The van der Waals surface area contributed by atoms with E-state index in [1.807, 2.05) is 13.8 Å². The smallest absolute Gasteiger partial charge is 0.321 e. The van der Waals surface area contributed by atoms with E-state index in [9.17, 15) is 18.5 Å². The van der Waals surface area contributed by atoms with Crippen LogP contribution in [0.25, 0.3) is 0 Å². The largest absolute Gasteiger partial charge is 0.480 e. The van der Waals surface area contributed by atoms with Gasteiger partial charge in [0.05, 0.1) is 17.2 Å². The van der Waals surface area contributed by atoms with Gasteiger partial charge in [0.1, 0.15) is 6.04 Å². The zero-order valence-electron chi connectivity index (χ0n) is 12.6. The zero-order valence-corrected chi connectivity index (χ0v) is 13.4. The SMILES string of the molecule is CC(C)C[C@@H](NS(=O)(=O)CC1(C#N)CCCCC1)C(=O)O. The number of carboxylic acids is 1. The number of aliphatic carboxylic acids is 1. The van der Waals surface area contributed by atoms with Gasteiger partial charge in [0, 0.05) is 0 Å². The Kier molecular flexibility index (Phi) is 6.17. The minimum Gasteiger partial charge on any atom is -0.480 e. The lowest BCUT2D eigenvalue weighted by molar-refractivity contribution is -0.139. The van der Waals surface area contributed by atoms with Crippen LogP contribution in [0.2, 0.25) is 0 Å². The maximum Gasteiger partial charge on any atom is 0.321 e. The molecule has 0 aromatic heterocycles. The second-order valence-corrected chi connectivity index (χ2v) is 8.10. The number of hydrogen-bond acceptors (Lipinski definition) is 4. The predicted molar refractivity (Wildman–Crippen MR) is 78.9 cm³/mol. The van der Waals surface area contributed by atoms with Crippen molar-refractivity contribution < 1.29 is 18.3 Å². The van der Waals surface area contributed by atoms with Crippen LogP contribution in [-0.4, -0.2) is 31.3 Å². The number of carbonyl (C=O) groups is 1. The molecular formula is C14H24N2O4S. The van der Waals surface area contributed by atoms with Crippen LogP contribution in [0.1, 0.15) is 52.4 Å². The molecule has 0 aromatic carbocycles. The molecule has 0 heterocycles. The fourth-order valence-corrected chi connectivity index (χ4v) is 4.60. The molecule has 1 saturated carbocycles. The van der Waals surface area contributed by atoms with Crippen molar-refractivity contribution in [2.75, 3.05) is 5.75 Å². The van der Waals surface area contributed by atoms with Crippen LogP contribution in [0, 0.1) is 22.7 Å². The number of nitriles is 1. The molecule has 0 aromatic rings. The fraction of sp³-hybridized carbons (Fsp3) is 0.857. The summed E-state index contributed by atoms with van der Waals surface area (Å²) in [5.41, 5.74) is -0.870. The minimum absolute atomic E-state index is 0.0633. The molecule has 6 nitrogen and oxygen atoms in total. The van der Waals surface area contributed by atoms with Crippen molar-refractivity contribution in [3.63, 3.8) is 0 Å². The van der Waals surface area contributed by atoms with Gasteiger partial charge in [-0.3, -0.25) is 4.79 Å². The van der Waals surface area contributed by atoms with Crippen molar-refractivity contribution in [2.45, 2.75) is 58.4 Å². The minimum atomic E-state index is -3.79. The van der Waals surface area contributed by atoms with Gasteiger partial charge in [0.2, 0.25) is 10.0 Å². The highest BCUT2D eigenvalue weighted by Crippen LogP contribution is 2.36. The topological polar surface area (TPSA) is 107 Å². The van der Waals surface area contributed by atoms with Gasteiger partial charge in [-0.25, -0.2) is 13.1 Å². The summed E-state index contributed by atoms with van der Waals surface area (Å²) in [5, 5.41) is 18.5. The molecule has 1 aliphatic rings. The van der Waals surface area contributed by atoms with Crippen LogP contribution in [0.3, 0.4) is 0 Å². The summed E-state index contributed by atoms with van der Waals surface area (Å²) < 4.78 is 26.7. The first-order chi connectivity index (χ1) is 9.70. The molecule has 7 heteroatoms. The first kappa shape index (κ1) is 17.9. The Morgan fingerprint density at radius 2 is 1.90 bits per heavy atom. The third-order valence-electron chi connectivity index (χ3n) is 3.84. The van der Waals surface area contributed by atoms with E-state index < -0.39 is 27.4 Å². The molecule has 0 aliphatic heterocycles. The van der Waals surface area contributed by atoms with Gasteiger partial charge in [0.25, 0.3) is 0 Å². The first-order valence-electron chi connectivity index (χ1n) is 7.34. The van der Waals surface area contributed by atoms with Crippen LogP contribution >= 0.6 is 0 Å². The van der Waals surface area contributed by atoms with Crippen LogP contribution < -0.4 is 4.72 Å². The van der Waals surface area contributed by atoms with E-state index in [4.69, 9.17) is 5.11 Å². The maximum atomic E-state index is 12.2. The molecule has 1 rings (SSSR count). The van der Waals surface area contributed by atoms with Crippen molar-refractivity contribution in [2.24, 2.45) is 11.3 Å². The van der Waals surface area contributed by atoms with Gasteiger partial charge in [0.15, 0.2) is 0 Å². The van der Waals surface area contributed by atoms with Crippen molar-refractivity contribution in [3.05, 3.63) is 0 Å². The molecule has 0 amide bonds. The van der Waals surface area contributed by atoms with Crippen LogP contribution in [-0.2, 0) is 14.8 Å². The molecule has 0 radical (unpaired) electrons. The van der Waals surface area contributed by atoms with Crippen molar-refractivity contribution in [1.29, 1.82) is 5.26 Å². The Hall–Kier alpha value is -1.13. The van der Waals surface area contributed by atoms with Crippen LogP contribution in [0.15, 0.2) is 0 Å². The fourth-order valence-electron chi connectivity index (χ4n) is 2.81. The van der Waals surface area contributed by atoms with Crippen LogP contribution in [0.5, 0.6) is 0 Å². The molecule has 120 valence electrons. The number of hydrogen-bond donors (Lipinski definition) is 2. The Labute approximate surface area is 126 Å². The molecule has 0 saturated heterocycles. The molecular weight excluding hydrogens is 292 g/mol. The third-order valence-corrected chi connectivity index (χ3v) is 5.42. The molecule has 21 heavy (non-hydrogen) atoms. The molecule has 0 bridgehead atoms. The standard InChI is InChI=1S/C14H24N2O4S/c1-11(2)8-12(13(17)18)16-21(19,20)10-14(9-15)6-4-3-5-7-14/h11-12,16H,3-8,10H2,1-2H3,(H,17,18)/t12-/m1/s1. The van der Waals surface area contributed by atoms with E-state index in [2.05, 4.69) is 10.8 Å². The highest BCUT2D eigenvalue weighted by molar-refractivity contribution is 7.89. The lowest BCUT2D eigenvalue weighted by atomic mass is 9.77. The highest BCUT2D eigenvalue weighted by atomic mass is 32.2. The summed E-state index contributed by atoms with van der Waals surface area (Å²) >= 11 is 0. The van der Waals surface area contributed by atoms with E-state index in [0.29, 0.717) is 12.8 Å². The molecule has 0 unspecified atom stereocenters. The number of nitrogens with zero attached hydrogens (tertiary/aromatic N) is 1. The Bertz CT molecular complexity index is 502. The summed E-state index contributed by atoms with van der Waals surface area (Å²) in [7, 11) is -3.79. The first-order valence-corrected chi connectivity index (χ1v) is 8.99. The Morgan fingerprint density at radius 1 is 1.33 bits per heavy atom. The molecule has 1 aliphatic carbocycles. The predicted octanol–water partition coefficient (Wildman–Crippen LogP) is 1.88. The Morgan fingerprint density at radius 3 is 2.33 bits per heavy atom. The van der Waals surface area contributed by atoms with Gasteiger partial charge < -0.3 is 5.11 Å². The lowest BCUT2D eigenvalue weighted by Gasteiger charge is -2.30. The van der Waals surface area contributed by atoms with Crippen molar-refractivity contribution >= 4 is 16.0 Å². The molecule has 2 N–H and O–H groups in total. The Balaban J connectivity index is 2.80. The number of nitrogens with one attached hydrogen (secondary N) is 1. The highest BCUT2D eigenvalue weighted by Gasteiger charge is 2.38. The maximum absolute atomic E-state index is 12.2. The summed E-state index contributed by atoms with van der Waals surface area (Å²) in [5.74, 6) is -1.42. The van der Waals surface area contributed by atoms with E-state index in [-0.39, 0.29) is 18.1 Å². The summed E-state index contributed by atoms with van der Waals surface area (Å²) in [6.45, 7) is 3.67. The zero-order chi connectivity index (χ0) is 16.1. The van der Waals surface area contributed by atoms with Crippen LogP contribution in [0.4, 0.5) is 0 Å². The van der Waals surface area contributed by atoms with Gasteiger partial charge in [-0.1, -0.05) is 33.1 Å². The van der Waals surface area contributed by atoms with Gasteiger partial charge in [-0.15, -0.1) is 0 Å². The number of rotatable bonds is 7. The average molecular weight is 316 g/mol. The second kappa shape index (κ2) is 7.23. The van der Waals surface area contributed by atoms with E-state index in [0.717, 1.165) is 19.3 Å². The second-order valence-electron chi connectivity index (χ2n) is 6.35. The van der Waals surface area contributed by atoms with Gasteiger partial charge >= 0.3 is 5.97 Å². The summed E-state index contributed by atoms with van der Waals surface area (Å²) in [4.78, 5) is 11.2. The van der Waals surface area contributed by atoms with Gasteiger partial charge in [-0.2, -0.15) is 5.26 Å². The van der Waals surface area contributed by atoms with Crippen molar-refractivity contribution in [3.8, 4) is 6.07 Å². The average Bonchev–Trinajstić information content (AvgIpc) is 2.37. The normalized spacial score (nSPS) is 19.9. The monoisotopic (exact) mass is 316 g/mol. The summed E-state index contributed by atoms with van der Waals surface area (Å²) in [6, 6.07) is 1.02. The van der Waals surface area contributed by atoms with Crippen molar-refractivity contribution in [1.82, 2.24) is 4.72 Å². The number of carboxylic acid groups (broad SMARTS) is 1. The number of sulfonamides is 1. The quantitative estimate of drug-likeness (QED) is 0.745. The van der Waals surface area contributed by atoms with Gasteiger partial charge in [-0.05, 0) is 25.2 Å². The third kappa shape index (κ3) is 5.64. The van der Waals surface area contributed by atoms with E-state index >= 15 is 0 Å². The lowest BCUT2D eigenvalue weighted by Crippen LogP contribution is -2.45. The molecule has 1 atom stereocenters. The molecule has 0 spiro atoms. The van der Waals surface area contributed by atoms with E-state index in [1.54, 1.807) is 0 Å². The van der Waals surface area contributed by atoms with E-state index in [1.165, 1.54) is 0 Å². The molecule has 1 fully saturated rings.